The Bertz CT molecular complexity index is 662. The molecule has 0 atom stereocenters. The van der Waals surface area contributed by atoms with E-state index >= 15 is 0 Å². The molecule has 2 aromatic rings. The van der Waals surface area contributed by atoms with Crippen molar-refractivity contribution in [2.75, 3.05) is 5.32 Å². The molecule has 0 aliphatic carbocycles. The molecule has 2 amide bonds. The second-order valence-corrected chi connectivity index (χ2v) is 5.02. The number of hydrogen-bond donors (Lipinski definition) is 3. The molecular formula is C14H12BrN3O3. The van der Waals surface area contributed by atoms with Gasteiger partial charge in [0.2, 0.25) is 0 Å². The molecule has 7 heteroatoms. The van der Waals surface area contributed by atoms with E-state index in [1.807, 2.05) is 6.07 Å². The van der Waals surface area contributed by atoms with Gasteiger partial charge in [-0.25, -0.2) is 9.59 Å². The molecule has 2 rings (SSSR count). The number of pyridine rings is 1. The van der Waals surface area contributed by atoms with Gasteiger partial charge in [0.15, 0.2) is 0 Å². The van der Waals surface area contributed by atoms with Crippen LogP contribution in [0.3, 0.4) is 0 Å². The monoisotopic (exact) mass is 349 g/mol. The van der Waals surface area contributed by atoms with E-state index in [-0.39, 0.29) is 11.6 Å². The number of aromatic nitrogens is 1. The van der Waals surface area contributed by atoms with Crippen LogP contribution in [0.1, 0.15) is 15.9 Å². The van der Waals surface area contributed by atoms with Crippen LogP contribution >= 0.6 is 15.9 Å². The van der Waals surface area contributed by atoms with Gasteiger partial charge < -0.3 is 15.7 Å². The summed E-state index contributed by atoms with van der Waals surface area (Å²) in [6.45, 7) is 0.352. The van der Waals surface area contributed by atoms with Crippen molar-refractivity contribution in [3.8, 4) is 0 Å². The van der Waals surface area contributed by atoms with Crippen molar-refractivity contribution < 1.29 is 14.7 Å². The predicted octanol–water partition coefficient (Wildman–Crippen LogP) is 2.86. The third kappa shape index (κ3) is 4.28. The van der Waals surface area contributed by atoms with E-state index in [0.29, 0.717) is 16.7 Å². The lowest BCUT2D eigenvalue weighted by molar-refractivity contribution is 0.0697. The molecule has 0 fully saturated rings. The third-order valence-corrected chi connectivity index (χ3v) is 3.30. The normalized spacial score (nSPS) is 9.95. The van der Waals surface area contributed by atoms with Crippen LogP contribution in [0.15, 0.2) is 47.2 Å². The van der Waals surface area contributed by atoms with Crippen LogP contribution in [0.4, 0.5) is 10.5 Å². The fourth-order valence-corrected chi connectivity index (χ4v) is 2.08. The average molecular weight is 350 g/mol. The zero-order valence-electron chi connectivity index (χ0n) is 10.8. The van der Waals surface area contributed by atoms with Crippen LogP contribution in [0.25, 0.3) is 0 Å². The zero-order chi connectivity index (χ0) is 15.2. The van der Waals surface area contributed by atoms with Gasteiger partial charge in [0, 0.05) is 23.4 Å². The van der Waals surface area contributed by atoms with Crippen molar-refractivity contribution in [1.82, 2.24) is 10.3 Å². The number of rotatable bonds is 4. The number of carbonyl (C=O) groups excluding carboxylic acids is 1. The Hall–Kier alpha value is -2.41. The fraction of sp³-hybridized carbons (Fsp3) is 0.0714. The molecule has 1 heterocycles. The van der Waals surface area contributed by atoms with Crippen molar-refractivity contribution in [2.45, 2.75) is 6.54 Å². The lowest BCUT2D eigenvalue weighted by atomic mass is 10.2. The summed E-state index contributed by atoms with van der Waals surface area (Å²) < 4.78 is 0.499. The van der Waals surface area contributed by atoms with Gasteiger partial charge in [-0.3, -0.25) is 4.98 Å². The Morgan fingerprint density at radius 2 is 2.10 bits per heavy atom. The van der Waals surface area contributed by atoms with Crippen LogP contribution in [-0.2, 0) is 6.54 Å². The molecule has 108 valence electrons. The molecule has 0 aliphatic heterocycles. The first-order chi connectivity index (χ1) is 10.1. The van der Waals surface area contributed by atoms with E-state index in [1.165, 1.54) is 18.2 Å². The van der Waals surface area contributed by atoms with E-state index in [9.17, 15) is 9.59 Å². The number of benzene rings is 1. The number of carboxylic acids is 1. The van der Waals surface area contributed by atoms with Gasteiger partial charge in [-0.2, -0.15) is 0 Å². The van der Waals surface area contributed by atoms with Crippen molar-refractivity contribution >= 4 is 33.6 Å². The van der Waals surface area contributed by atoms with Crippen LogP contribution in [0.2, 0.25) is 0 Å². The number of nitrogens with one attached hydrogen (secondary N) is 2. The second-order valence-electron chi connectivity index (χ2n) is 4.17. The van der Waals surface area contributed by atoms with E-state index in [4.69, 9.17) is 5.11 Å². The van der Waals surface area contributed by atoms with Crippen molar-refractivity contribution in [3.05, 3.63) is 58.3 Å². The number of nitrogens with zero attached hydrogens (tertiary/aromatic N) is 1. The van der Waals surface area contributed by atoms with Gasteiger partial charge >= 0.3 is 12.0 Å². The number of urea groups is 1. The van der Waals surface area contributed by atoms with Gasteiger partial charge in [-0.1, -0.05) is 6.07 Å². The summed E-state index contributed by atoms with van der Waals surface area (Å²) in [6.07, 6.45) is 3.32. The molecule has 0 aliphatic rings. The molecule has 3 N–H and O–H groups in total. The summed E-state index contributed by atoms with van der Waals surface area (Å²) >= 11 is 3.22. The summed E-state index contributed by atoms with van der Waals surface area (Å²) in [5.74, 6) is -1.02. The molecule has 6 nitrogen and oxygen atoms in total. The van der Waals surface area contributed by atoms with Crippen molar-refractivity contribution in [3.63, 3.8) is 0 Å². The summed E-state index contributed by atoms with van der Waals surface area (Å²) in [5.41, 5.74) is 1.51. The predicted molar refractivity (Wildman–Crippen MR) is 81.2 cm³/mol. The number of halogens is 1. The maximum atomic E-state index is 11.8. The Kier molecular flexibility index (Phi) is 4.89. The summed E-state index contributed by atoms with van der Waals surface area (Å²) in [5, 5.41) is 14.2. The third-order valence-electron chi connectivity index (χ3n) is 2.64. The van der Waals surface area contributed by atoms with E-state index in [0.717, 1.165) is 5.56 Å². The number of aromatic carboxylic acids is 1. The topological polar surface area (TPSA) is 91.3 Å². The van der Waals surface area contributed by atoms with E-state index < -0.39 is 5.97 Å². The Morgan fingerprint density at radius 1 is 1.29 bits per heavy atom. The number of amides is 2. The molecule has 0 unspecified atom stereocenters. The van der Waals surface area contributed by atoms with Crippen LogP contribution in [-0.4, -0.2) is 22.1 Å². The van der Waals surface area contributed by atoms with Crippen LogP contribution < -0.4 is 10.6 Å². The minimum absolute atomic E-state index is 0.142. The van der Waals surface area contributed by atoms with Gasteiger partial charge in [0.25, 0.3) is 0 Å². The zero-order valence-corrected chi connectivity index (χ0v) is 12.4. The molecular weight excluding hydrogens is 338 g/mol. The second kappa shape index (κ2) is 6.85. The molecule has 0 saturated carbocycles. The first-order valence-electron chi connectivity index (χ1n) is 6.03. The Balaban J connectivity index is 1.95. The van der Waals surface area contributed by atoms with Crippen molar-refractivity contribution in [2.24, 2.45) is 0 Å². The highest BCUT2D eigenvalue weighted by Crippen LogP contribution is 2.23. The highest BCUT2D eigenvalue weighted by molar-refractivity contribution is 9.10. The minimum atomic E-state index is -1.02. The molecule has 1 aromatic heterocycles. The summed E-state index contributed by atoms with van der Waals surface area (Å²) in [4.78, 5) is 26.5. The number of anilines is 1. The van der Waals surface area contributed by atoms with Crippen LogP contribution in [0, 0.1) is 0 Å². The summed E-state index contributed by atoms with van der Waals surface area (Å²) in [7, 11) is 0. The quantitative estimate of drug-likeness (QED) is 0.791. The summed E-state index contributed by atoms with van der Waals surface area (Å²) in [6, 6.07) is 7.63. The Morgan fingerprint density at radius 3 is 2.71 bits per heavy atom. The maximum absolute atomic E-state index is 11.8. The lowest BCUT2D eigenvalue weighted by Crippen LogP contribution is -2.28. The molecule has 0 spiro atoms. The van der Waals surface area contributed by atoms with Crippen LogP contribution in [0.5, 0.6) is 0 Å². The number of carbonyl (C=O) groups is 2. The van der Waals surface area contributed by atoms with E-state index in [1.54, 1.807) is 18.5 Å². The minimum Gasteiger partial charge on any atom is -0.478 e. The first kappa shape index (κ1) is 15.0. The highest BCUT2D eigenvalue weighted by Gasteiger charge is 2.09. The van der Waals surface area contributed by atoms with Crippen molar-refractivity contribution in [1.29, 1.82) is 0 Å². The molecule has 0 radical (unpaired) electrons. The van der Waals surface area contributed by atoms with Gasteiger partial charge in [0.1, 0.15) is 0 Å². The smallest absolute Gasteiger partial charge is 0.335 e. The molecule has 0 saturated heterocycles. The standard InChI is InChI=1S/C14H12BrN3O3/c15-11-6-10(13(19)20)3-4-12(11)18-14(21)17-8-9-2-1-5-16-7-9/h1-7H,8H2,(H,19,20)(H2,17,18,21). The maximum Gasteiger partial charge on any atom is 0.335 e. The van der Waals surface area contributed by atoms with E-state index in [2.05, 4.69) is 31.5 Å². The molecule has 0 bridgehead atoms. The van der Waals surface area contributed by atoms with Gasteiger partial charge in [-0.05, 0) is 45.8 Å². The SMILES string of the molecule is O=C(NCc1cccnc1)Nc1ccc(C(=O)O)cc1Br. The lowest BCUT2D eigenvalue weighted by Gasteiger charge is -2.09. The molecule has 21 heavy (non-hydrogen) atoms. The highest BCUT2D eigenvalue weighted by atomic mass is 79.9. The van der Waals surface area contributed by atoms with Gasteiger partial charge in [0.05, 0.1) is 11.3 Å². The average Bonchev–Trinajstić information content (AvgIpc) is 2.48. The first-order valence-corrected chi connectivity index (χ1v) is 6.82. The number of carboxylic acid groups (broad SMARTS) is 1. The molecule has 1 aromatic carbocycles. The Labute approximate surface area is 129 Å². The van der Waals surface area contributed by atoms with Gasteiger partial charge in [-0.15, -0.1) is 0 Å². The number of hydrogen-bond acceptors (Lipinski definition) is 3. The fourth-order valence-electron chi connectivity index (χ4n) is 1.60. The largest absolute Gasteiger partial charge is 0.478 e.